The molecule has 0 fully saturated rings. The zero-order valence-electron chi connectivity index (χ0n) is 9.49. The van der Waals surface area contributed by atoms with Crippen LogP contribution in [0.1, 0.15) is 19.4 Å². The number of nitrogens with one attached hydrogen (secondary N) is 1. The van der Waals surface area contributed by atoms with Gasteiger partial charge in [0.25, 0.3) is 0 Å². The van der Waals surface area contributed by atoms with E-state index in [1.165, 1.54) is 0 Å². The Bertz CT molecular complexity index is 318. The summed E-state index contributed by atoms with van der Waals surface area (Å²) in [5.74, 6) is -0.198. The first-order chi connectivity index (χ1) is 7.11. The van der Waals surface area contributed by atoms with E-state index in [4.69, 9.17) is 4.74 Å². The molecule has 0 aliphatic carbocycles. The number of rotatable bonds is 5. The number of aromatic nitrogens is 1. The van der Waals surface area contributed by atoms with Gasteiger partial charge in [0.05, 0.1) is 6.10 Å². The Kier molecular flexibility index (Phi) is 4.37. The van der Waals surface area contributed by atoms with E-state index in [9.17, 15) is 4.79 Å². The first-order valence-corrected chi connectivity index (χ1v) is 5.10. The lowest BCUT2D eigenvalue weighted by molar-refractivity contribution is -0.148. The number of hydrogen-bond acceptors (Lipinski definition) is 3. The summed E-state index contributed by atoms with van der Waals surface area (Å²) in [6.07, 6.45) is 3.77. The number of hydrogen-bond donors (Lipinski definition) is 1. The molecule has 0 spiro atoms. The number of nitrogens with zero attached hydrogens (tertiary/aromatic N) is 1. The van der Waals surface area contributed by atoms with Gasteiger partial charge in [-0.15, -0.1) is 0 Å². The number of carbonyl (C=O) groups excluding carboxylic acids is 1. The third-order valence-corrected chi connectivity index (χ3v) is 1.87. The van der Waals surface area contributed by atoms with E-state index in [0.717, 1.165) is 12.1 Å². The van der Waals surface area contributed by atoms with Gasteiger partial charge in [0, 0.05) is 18.9 Å². The van der Waals surface area contributed by atoms with Crippen molar-refractivity contribution < 1.29 is 9.53 Å². The summed E-state index contributed by atoms with van der Waals surface area (Å²) in [6, 6.07) is 1.99. The predicted octanol–water partition coefficient (Wildman–Crippen LogP) is 1.16. The van der Waals surface area contributed by atoms with Crippen molar-refractivity contribution in [2.24, 2.45) is 0 Å². The molecule has 4 heteroatoms. The summed E-state index contributed by atoms with van der Waals surface area (Å²) < 4.78 is 6.88. The molecule has 0 amide bonds. The van der Waals surface area contributed by atoms with Gasteiger partial charge >= 0.3 is 5.97 Å². The highest BCUT2D eigenvalue weighted by molar-refractivity contribution is 5.69. The van der Waals surface area contributed by atoms with Crippen molar-refractivity contribution in [1.82, 2.24) is 9.88 Å². The Balaban J connectivity index is 2.46. The van der Waals surface area contributed by atoms with Gasteiger partial charge in [-0.05, 0) is 32.5 Å². The molecule has 15 heavy (non-hydrogen) atoms. The summed E-state index contributed by atoms with van der Waals surface area (Å²) in [4.78, 5) is 11.3. The number of esters is 1. The van der Waals surface area contributed by atoms with E-state index < -0.39 is 0 Å². The summed E-state index contributed by atoms with van der Waals surface area (Å²) >= 11 is 0. The van der Waals surface area contributed by atoms with Gasteiger partial charge in [-0.1, -0.05) is 0 Å². The van der Waals surface area contributed by atoms with Gasteiger partial charge in [0.1, 0.15) is 6.54 Å². The molecule has 0 unspecified atom stereocenters. The van der Waals surface area contributed by atoms with Crippen molar-refractivity contribution >= 4 is 5.97 Å². The van der Waals surface area contributed by atoms with Crippen LogP contribution in [0.2, 0.25) is 0 Å². The van der Waals surface area contributed by atoms with Crippen molar-refractivity contribution in [1.29, 1.82) is 0 Å². The fourth-order valence-corrected chi connectivity index (χ4v) is 1.35. The first-order valence-electron chi connectivity index (χ1n) is 5.10. The molecule has 0 saturated heterocycles. The highest BCUT2D eigenvalue weighted by atomic mass is 16.5. The molecule has 0 aliphatic rings. The van der Waals surface area contributed by atoms with Crippen molar-refractivity contribution in [3.05, 3.63) is 24.0 Å². The Hall–Kier alpha value is -1.29. The van der Waals surface area contributed by atoms with Crippen LogP contribution in [0.25, 0.3) is 0 Å². The molecule has 1 rings (SSSR count). The van der Waals surface area contributed by atoms with Gasteiger partial charge in [0.2, 0.25) is 0 Å². The van der Waals surface area contributed by atoms with E-state index in [1.54, 1.807) is 0 Å². The number of ether oxygens (including phenoxy) is 1. The molecular formula is C11H18N2O2. The van der Waals surface area contributed by atoms with E-state index >= 15 is 0 Å². The zero-order valence-corrected chi connectivity index (χ0v) is 9.49. The fraction of sp³-hybridized carbons (Fsp3) is 0.545. The van der Waals surface area contributed by atoms with Crippen LogP contribution < -0.4 is 5.32 Å². The van der Waals surface area contributed by atoms with E-state index in [0.29, 0.717) is 0 Å². The summed E-state index contributed by atoms with van der Waals surface area (Å²) in [6.45, 7) is 4.79. The molecule has 0 atom stereocenters. The third-order valence-electron chi connectivity index (χ3n) is 1.87. The second-order valence-corrected chi connectivity index (χ2v) is 3.76. The average molecular weight is 210 g/mol. The molecule has 0 radical (unpaired) electrons. The molecule has 1 heterocycles. The van der Waals surface area contributed by atoms with Crippen molar-refractivity contribution in [2.75, 3.05) is 7.05 Å². The molecule has 0 aromatic carbocycles. The highest BCUT2D eigenvalue weighted by Crippen LogP contribution is 2.01. The van der Waals surface area contributed by atoms with Gasteiger partial charge in [-0.3, -0.25) is 4.79 Å². The normalized spacial score (nSPS) is 10.7. The molecule has 4 nitrogen and oxygen atoms in total. The Labute approximate surface area is 90.2 Å². The minimum absolute atomic E-state index is 0.0511. The van der Waals surface area contributed by atoms with Crippen LogP contribution in [-0.2, 0) is 22.6 Å². The molecular weight excluding hydrogens is 192 g/mol. The second kappa shape index (κ2) is 5.56. The van der Waals surface area contributed by atoms with Crippen LogP contribution in [-0.4, -0.2) is 23.7 Å². The zero-order chi connectivity index (χ0) is 11.3. The van der Waals surface area contributed by atoms with E-state index in [-0.39, 0.29) is 18.6 Å². The maximum atomic E-state index is 11.3. The van der Waals surface area contributed by atoms with Crippen molar-refractivity contribution in [3.63, 3.8) is 0 Å². The maximum absolute atomic E-state index is 11.3. The Morgan fingerprint density at radius 1 is 1.60 bits per heavy atom. The lowest BCUT2D eigenvalue weighted by atomic mass is 10.3. The summed E-state index contributed by atoms with van der Waals surface area (Å²) in [5, 5.41) is 3.05. The topological polar surface area (TPSA) is 43.3 Å². The maximum Gasteiger partial charge on any atom is 0.326 e. The predicted molar refractivity (Wildman–Crippen MR) is 58.4 cm³/mol. The van der Waals surface area contributed by atoms with Crippen LogP contribution in [0.15, 0.2) is 18.5 Å². The smallest absolute Gasteiger partial charge is 0.326 e. The summed E-state index contributed by atoms with van der Waals surface area (Å²) in [7, 11) is 1.89. The van der Waals surface area contributed by atoms with Crippen LogP contribution in [0.3, 0.4) is 0 Å². The largest absolute Gasteiger partial charge is 0.462 e. The quantitative estimate of drug-likeness (QED) is 0.742. The molecule has 1 aromatic heterocycles. The van der Waals surface area contributed by atoms with Crippen LogP contribution in [0.5, 0.6) is 0 Å². The lowest BCUT2D eigenvalue weighted by Crippen LogP contribution is -2.16. The van der Waals surface area contributed by atoms with Crippen LogP contribution >= 0.6 is 0 Å². The Morgan fingerprint density at radius 3 is 2.93 bits per heavy atom. The number of carbonyl (C=O) groups is 1. The molecule has 0 saturated carbocycles. The molecule has 84 valence electrons. The van der Waals surface area contributed by atoms with Crippen molar-refractivity contribution in [2.45, 2.75) is 33.0 Å². The minimum atomic E-state index is -0.198. The lowest BCUT2D eigenvalue weighted by Gasteiger charge is -2.08. The second-order valence-electron chi connectivity index (χ2n) is 3.76. The summed E-state index contributed by atoms with van der Waals surface area (Å²) in [5.41, 5.74) is 1.16. The Morgan fingerprint density at radius 2 is 2.33 bits per heavy atom. The van der Waals surface area contributed by atoms with Gasteiger partial charge < -0.3 is 14.6 Å². The van der Waals surface area contributed by atoms with Crippen LogP contribution in [0.4, 0.5) is 0 Å². The minimum Gasteiger partial charge on any atom is -0.462 e. The van der Waals surface area contributed by atoms with Crippen LogP contribution in [0, 0.1) is 0 Å². The SMILES string of the molecule is CNCc1ccn(CC(=O)OC(C)C)c1. The molecule has 1 aromatic rings. The molecule has 1 N–H and O–H groups in total. The van der Waals surface area contributed by atoms with E-state index in [2.05, 4.69) is 5.32 Å². The monoisotopic (exact) mass is 210 g/mol. The fourth-order valence-electron chi connectivity index (χ4n) is 1.35. The van der Waals surface area contributed by atoms with Gasteiger partial charge in [-0.2, -0.15) is 0 Å². The highest BCUT2D eigenvalue weighted by Gasteiger charge is 2.06. The third kappa shape index (κ3) is 4.16. The molecule has 0 aliphatic heterocycles. The van der Waals surface area contributed by atoms with E-state index in [1.807, 2.05) is 43.9 Å². The standard InChI is InChI=1S/C11H18N2O2/c1-9(2)15-11(14)8-13-5-4-10(7-13)6-12-3/h4-5,7,9,12H,6,8H2,1-3H3. The van der Waals surface area contributed by atoms with Gasteiger partial charge in [0.15, 0.2) is 0 Å². The first kappa shape index (κ1) is 11.8. The van der Waals surface area contributed by atoms with Crippen molar-refractivity contribution in [3.8, 4) is 0 Å². The van der Waals surface area contributed by atoms with Gasteiger partial charge in [-0.25, -0.2) is 0 Å². The average Bonchev–Trinajstić information content (AvgIpc) is 2.51. The molecule has 0 bridgehead atoms.